The van der Waals surface area contributed by atoms with Gasteiger partial charge in [-0.25, -0.2) is 0 Å². The van der Waals surface area contributed by atoms with E-state index < -0.39 is 0 Å². The van der Waals surface area contributed by atoms with Gasteiger partial charge in [-0.1, -0.05) is 24.8 Å². The second kappa shape index (κ2) is 8.96. The largest absolute Gasteiger partial charge is 0.0991 e. The Morgan fingerprint density at radius 2 is 1.83 bits per heavy atom. The molecule has 0 amide bonds. The molecular weight excluding hydrogens is 108 g/mol. The Hall–Kier alpha value is 0.194. The number of allylic oxidation sites excluding steroid dienone is 3. The van der Waals surface area contributed by atoms with Crippen LogP contribution in [0.1, 0.15) is 0 Å². The maximum absolute atomic E-state index is 3.42. The van der Waals surface area contributed by atoms with Crippen molar-refractivity contribution >= 4 is 0 Å². The summed E-state index contributed by atoms with van der Waals surface area (Å²) < 4.78 is 0. The zero-order valence-electron chi connectivity index (χ0n) is 3.65. The first kappa shape index (κ1) is 9.50. The van der Waals surface area contributed by atoms with Crippen molar-refractivity contribution in [2.45, 2.75) is 0 Å². The van der Waals surface area contributed by atoms with Gasteiger partial charge in [-0.05, 0) is 6.92 Å². The van der Waals surface area contributed by atoms with Crippen LogP contribution in [0, 0.1) is 6.92 Å². The molecule has 0 aromatic carbocycles. The zero-order chi connectivity index (χ0) is 4.12. The molecule has 0 bridgehead atoms. The summed E-state index contributed by atoms with van der Waals surface area (Å²) >= 11 is 0. The molecule has 0 heterocycles. The second-order valence-corrected chi connectivity index (χ2v) is 0.664. The van der Waals surface area contributed by atoms with Gasteiger partial charge in [0.15, 0.2) is 0 Å². The Bertz CT molecular complexity index is 45.9. The van der Waals surface area contributed by atoms with Crippen LogP contribution in [0.15, 0.2) is 24.8 Å². The van der Waals surface area contributed by atoms with E-state index in [1.54, 1.807) is 18.2 Å². The molecule has 0 saturated heterocycles. The molecule has 0 aliphatic rings. The molecule has 0 unspecified atom stereocenters. The van der Waals surface area contributed by atoms with Crippen LogP contribution in [0.2, 0.25) is 0 Å². The van der Waals surface area contributed by atoms with Gasteiger partial charge in [0, 0.05) is 21.7 Å². The summed E-state index contributed by atoms with van der Waals surface area (Å²) in [6.45, 7) is 6.85. The maximum Gasteiger partial charge on any atom is 0 e. The minimum atomic E-state index is 0. The molecule has 0 atom stereocenters. The molecule has 0 aliphatic carbocycles. The summed E-state index contributed by atoms with van der Waals surface area (Å²) in [4.78, 5) is 0. The summed E-state index contributed by atoms with van der Waals surface area (Å²) in [5.74, 6) is 0. The van der Waals surface area contributed by atoms with E-state index in [0.29, 0.717) is 0 Å². The van der Waals surface area contributed by atoms with Gasteiger partial charge in [0.25, 0.3) is 0 Å². The van der Waals surface area contributed by atoms with Crippen LogP contribution in [-0.4, -0.2) is 0 Å². The van der Waals surface area contributed by atoms with Crippen LogP contribution in [0.3, 0.4) is 0 Å². The predicted molar refractivity (Wildman–Crippen MR) is 24.7 cm³/mol. The first-order valence-corrected chi connectivity index (χ1v) is 1.48. The Kier molecular flexibility index (Phi) is 14.2. The van der Waals surface area contributed by atoms with Gasteiger partial charge in [0.05, 0.1) is 0 Å². The van der Waals surface area contributed by atoms with Crippen molar-refractivity contribution < 1.29 is 21.7 Å². The summed E-state index contributed by atoms with van der Waals surface area (Å²) in [5, 5.41) is 0. The Labute approximate surface area is 53.8 Å². The van der Waals surface area contributed by atoms with E-state index in [-0.39, 0.29) is 21.7 Å². The summed E-state index contributed by atoms with van der Waals surface area (Å²) in [5.41, 5.74) is 0. The van der Waals surface area contributed by atoms with Crippen LogP contribution in [-0.2, 0) is 21.7 Å². The molecule has 0 rings (SSSR count). The van der Waals surface area contributed by atoms with Crippen molar-refractivity contribution in [1.82, 2.24) is 0 Å². The van der Waals surface area contributed by atoms with Gasteiger partial charge in [-0.15, -0.1) is 0 Å². The fourth-order valence-electron chi connectivity index (χ4n) is 0.0962. The number of rotatable bonds is 1. The van der Waals surface area contributed by atoms with Crippen molar-refractivity contribution in [3.63, 3.8) is 0 Å². The molecule has 0 N–H and O–H groups in total. The van der Waals surface area contributed by atoms with Crippen molar-refractivity contribution in [2.75, 3.05) is 0 Å². The molecule has 6 heavy (non-hydrogen) atoms. The van der Waals surface area contributed by atoms with Gasteiger partial charge in [-0.2, -0.15) is 0 Å². The number of hydrogen-bond donors (Lipinski definition) is 0. The first-order chi connectivity index (χ1) is 2.41. The van der Waals surface area contributed by atoms with Crippen molar-refractivity contribution in [1.29, 1.82) is 0 Å². The Morgan fingerprint density at radius 1 is 1.33 bits per heavy atom. The van der Waals surface area contributed by atoms with Gasteiger partial charge in [-0.3, -0.25) is 0 Å². The predicted octanol–water partition coefficient (Wildman–Crippen LogP) is 1.56. The first-order valence-electron chi connectivity index (χ1n) is 1.48. The van der Waals surface area contributed by atoms with E-state index in [0.717, 1.165) is 0 Å². The van der Waals surface area contributed by atoms with E-state index >= 15 is 0 Å². The minimum absolute atomic E-state index is 0. The van der Waals surface area contributed by atoms with Crippen molar-refractivity contribution in [3.8, 4) is 0 Å². The smallest absolute Gasteiger partial charge is 0 e. The minimum Gasteiger partial charge on any atom is -0.0991 e. The van der Waals surface area contributed by atoms with Gasteiger partial charge >= 0.3 is 0 Å². The molecule has 0 fully saturated rings. The molecule has 0 aromatic rings. The van der Waals surface area contributed by atoms with Crippen molar-refractivity contribution in [3.05, 3.63) is 31.7 Å². The van der Waals surface area contributed by atoms with Crippen LogP contribution < -0.4 is 0 Å². The van der Waals surface area contributed by atoms with Crippen LogP contribution in [0.4, 0.5) is 0 Å². The molecular formula is C5H7Ti. The van der Waals surface area contributed by atoms with Gasteiger partial charge in [0.2, 0.25) is 0 Å². The Balaban J connectivity index is 0. The molecule has 0 spiro atoms. The quantitative estimate of drug-likeness (QED) is 0.359. The van der Waals surface area contributed by atoms with E-state index in [1.807, 2.05) is 0 Å². The maximum atomic E-state index is 3.42. The summed E-state index contributed by atoms with van der Waals surface area (Å²) in [6, 6.07) is 0. The average molecular weight is 115 g/mol. The molecule has 0 aliphatic heterocycles. The third-order valence-electron chi connectivity index (χ3n) is 0.272. The molecule has 0 aromatic heterocycles. The number of hydrogen-bond acceptors (Lipinski definition) is 0. The van der Waals surface area contributed by atoms with Crippen LogP contribution in [0.5, 0.6) is 0 Å². The fraction of sp³-hybridized carbons (Fsp3) is 0. The van der Waals surface area contributed by atoms with E-state index in [2.05, 4.69) is 13.5 Å². The third kappa shape index (κ3) is 8.89. The molecule has 1 radical (unpaired) electrons. The molecule has 31 valence electrons. The topological polar surface area (TPSA) is 0 Å². The fourth-order valence-corrected chi connectivity index (χ4v) is 0.0962. The normalized spacial score (nSPS) is 7.50. The molecule has 0 saturated carbocycles. The van der Waals surface area contributed by atoms with Gasteiger partial charge in [0.1, 0.15) is 0 Å². The standard InChI is InChI=1S/C5H7.Ti/c1-3-5-4-2;/h3-5H,1-2H2;. The van der Waals surface area contributed by atoms with Gasteiger partial charge < -0.3 is 0 Å². The SMILES string of the molecule is [CH2]C=CC=C.[Ti]. The van der Waals surface area contributed by atoms with Crippen LogP contribution in [0.25, 0.3) is 0 Å². The monoisotopic (exact) mass is 115 g/mol. The molecule has 1 heteroatoms. The molecule has 0 nitrogen and oxygen atoms in total. The van der Waals surface area contributed by atoms with E-state index in [9.17, 15) is 0 Å². The summed E-state index contributed by atoms with van der Waals surface area (Å²) in [6.07, 6.45) is 5.15. The average Bonchev–Trinajstić information content (AvgIpc) is 1.41. The Morgan fingerprint density at radius 3 is 1.83 bits per heavy atom. The van der Waals surface area contributed by atoms with E-state index in [4.69, 9.17) is 0 Å². The zero-order valence-corrected chi connectivity index (χ0v) is 5.21. The van der Waals surface area contributed by atoms with E-state index in [1.165, 1.54) is 0 Å². The van der Waals surface area contributed by atoms with Crippen molar-refractivity contribution in [2.24, 2.45) is 0 Å². The summed E-state index contributed by atoms with van der Waals surface area (Å²) in [7, 11) is 0. The van der Waals surface area contributed by atoms with Crippen LogP contribution >= 0.6 is 0 Å². The second-order valence-electron chi connectivity index (χ2n) is 0.664. The third-order valence-corrected chi connectivity index (χ3v) is 0.272.